The van der Waals surface area contributed by atoms with Gasteiger partial charge in [0, 0.05) is 30.7 Å². The summed E-state index contributed by atoms with van der Waals surface area (Å²) in [4.78, 5) is 26.6. The highest BCUT2D eigenvalue weighted by Crippen LogP contribution is 2.15. The van der Waals surface area contributed by atoms with Crippen LogP contribution in [-0.2, 0) is 16.1 Å². The molecular weight excluding hydrogens is 244 g/mol. The number of carbonyl (C=O) groups is 2. The van der Waals surface area contributed by atoms with Crippen molar-refractivity contribution in [2.24, 2.45) is 0 Å². The molecule has 1 aromatic carbocycles. The van der Waals surface area contributed by atoms with E-state index >= 15 is 0 Å². The van der Waals surface area contributed by atoms with Crippen molar-refractivity contribution >= 4 is 23.2 Å². The van der Waals surface area contributed by atoms with Crippen LogP contribution in [0.4, 0.5) is 11.4 Å². The number of imidazole rings is 1. The lowest BCUT2D eigenvalue weighted by Crippen LogP contribution is -2.18. The number of amides is 2. The van der Waals surface area contributed by atoms with Gasteiger partial charge in [0.1, 0.15) is 6.54 Å². The van der Waals surface area contributed by atoms with E-state index in [0.29, 0.717) is 11.4 Å². The SMILES string of the molecule is CC(=O)Nc1cccc(NC(=O)Cn2ccnc2)c1. The monoisotopic (exact) mass is 258 g/mol. The molecule has 2 amide bonds. The lowest BCUT2D eigenvalue weighted by molar-refractivity contribution is -0.117. The van der Waals surface area contributed by atoms with Gasteiger partial charge in [0.2, 0.25) is 11.8 Å². The van der Waals surface area contributed by atoms with Crippen LogP contribution in [0.1, 0.15) is 6.92 Å². The number of hydrogen-bond donors (Lipinski definition) is 2. The molecule has 6 nitrogen and oxygen atoms in total. The van der Waals surface area contributed by atoms with Crippen molar-refractivity contribution in [3.8, 4) is 0 Å². The summed E-state index contributed by atoms with van der Waals surface area (Å²) in [6.45, 7) is 1.63. The van der Waals surface area contributed by atoms with Gasteiger partial charge in [-0.2, -0.15) is 0 Å². The van der Waals surface area contributed by atoms with Crippen LogP contribution in [0, 0.1) is 0 Å². The Bertz CT molecular complexity index is 578. The number of carbonyl (C=O) groups excluding carboxylic acids is 2. The zero-order valence-electron chi connectivity index (χ0n) is 10.5. The summed E-state index contributed by atoms with van der Waals surface area (Å²) >= 11 is 0. The molecular formula is C13H14N4O2. The zero-order chi connectivity index (χ0) is 13.7. The zero-order valence-corrected chi connectivity index (χ0v) is 10.5. The molecule has 0 aliphatic carbocycles. The van der Waals surface area contributed by atoms with Crippen LogP contribution in [0.3, 0.4) is 0 Å². The highest BCUT2D eigenvalue weighted by atomic mass is 16.2. The number of hydrogen-bond acceptors (Lipinski definition) is 3. The van der Waals surface area contributed by atoms with Gasteiger partial charge in [0.25, 0.3) is 0 Å². The highest BCUT2D eigenvalue weighted by molar-refractivity contribution is 5.93. The molecule has 0 bridgehead atoms. The normalized spacial score (nSPS) is 9.95. The van der Waals surface area contributed by atoms with Gasteiger partial charge in [-0.15, -0.1) is 0 Å². The predicted molar refractivity (Wildman–Crippen MR) is 71.6 cm³/mol. The fourth-order valence-corrected chi connectivity index (χ4v) is 1.62. The summed E-state index contributed by atoms with van der Waals surface area (Å²) in [5.41, 5.74) is 1.28. The van der Waals surface area contributed by atoms with Gasteiger partial charge in [-0.1, -0.05) is 6.07 Å². The molecule has 0 saturated carbocycles. The molecule has 98 valence electrons. The molecule has 0 radical (unpaired) electrons. The third-order valence-corrected chi connectivity index (χ3v) is 2.35. The first-order valence-corrected chi connectivity index (χ1v) is 5.77. The smallest absolute Gasteiger partial charge is 0.244 e. The van der Waals surface area contributed by atoms with Gasteiger partial charge in [-0.3, -0.25) is 9.59 Å². The Morgan fingerprint density at radius 3 is 2.63 bits per heavy atom. The summed E-state index contributed by atoms with van der Waals surface area (Å²) in [6.07, 6.45) is 4.91. The maximum Gasteiger partial charge on any atom is 0.244 e. The minimum Gasteiger partial charge on any atom is -0.328 e. The van der Waals surface area contributed by atoms with Gasteiger partial charge in [0.15, 0.2) is 0 Å². The van der Waals surface area contributed by atoms with E-state index in [1.807, 2.05) is 0 Å². The number of anilines is 2. The standard InChI is InChI=1S/C13H14N4O2/c1-10(18)15-11-3-2-4-12(7-11)16-13(19)8-17-6-5-14-9-17/h2-7,9H,8H2,1H3,(H,15,18)(H,16,19). The van der Waals surface area contributed by atoms with Crippen LogP contribution in [0.2, 0.25) is 0 Å². The maximum absolute atomic E-state index is 11.8. The molecule has 2 rings (SSSR count). The van der Waals surface area contributed by atoms with Gasteiger partial charge in [-0.25, -0.2) is 4.98 Å². The highest BCUT2D eigenvalue weighted by Gasteiger charge is 2.04. The van der Waals surface area contributed by atoms with Gasteiger partial charge in [0.05, 0.1) is 6.33 Å². The molecule has 0 fully saturated rings. The quantitative estimate of drug-likeness (QED) is 0.872. The Hall–Kier alpha value is -2.63. The van der Waals surface area contributed by atoms with Crippen LogP contribution in [0.15, 0.2) is 43.0 Å². The van der Waals surface area contributed by atoms with Crippen molar-refractivity contribution in [2.75, 3.05) is 10.6 Å². The van der Waals surface area contributed by atoms with Crippen LogP contribution in [0.25, 0.3) is 0 Å². The molecule has 19 heavy (non-hydrogen) atoms. The van der Waals surface area contributed by atoms with E-state index < -0.39 is 0 Å². The lowest BCUT2D eigenvalue weighted by atomic mass is 10.2. The van der Waals surface area contributed by atoms with Crippen LogP contribution < -0.4 is 10.6 Å². The van der Waals surface area contributed by atoms with E-state index in [1.54, 1.807) is 47.6 Å². The maximum atomic E-state index is 11.8. The molecule has 0 saturated heterocycles. The second-order valence-corrected chi connectivity index (χ2v) is 4.05. The Labute approximate surface area is 110 Å². The molecule has 1 aromatic heterocycles. The van der Waals surface area contributed by atoms with Crippen molar-refractivity contribution in [1.29, 1.82) is 0 Å². The van der Waals surface area contributed by atoms with E-state index in [9.17, 15) is 9.59 Å². The third kappa shape index (κ3) is 3.95. The van der Waals surface area contributed by atoms with Crippen LogP contribution in [0.5, 0.6) is 0 Å². The Kier molecular flexibility index (Phi) is 3.92. The summed E-state index contributed by atoms with van der Waals surface area (Å²) in [7, 11) is 0. The molecule has 1 heterocycles. The molecule has 2 N–H and O–H groups in total. The molecule has 0 unspecified atom stereocenters. The second kappa shape index (κ2) is 5.81. The van der Waals surface area contributed by atoms with E-state index in [4.69, 9.17) is 0 Å². The minimum absolute atomic E-state index is 0.151. The Morgan fingerprint density at radius 1 is 1.26 bits per heavy atom. The molecule has 0 aliphatic rings. The van der Waals surface area contributed by atoms with Crippen molar-refractivity contribution in [3.05, 3.63) is 43.0 Å². The third-order valence-electron chi connectivity index (χ3n) is 2.35. The second-order valence-electron chi connectivity index (χ2n) is 4.05. The molecule has 2 aromatic rings. The summed E-state index contributed by atoms with van der Waals surface area (Å²) in [5, 5.41) is 5.41. The molecule has 0 spiro atoms. The molecule has 0 aliphatic heterocycles. The largest absolute Gasteiger partial charge is 0.328 e. The first-order chi connectivity index (χ1) is 9.13. The predicted octanol–water partition coefficient (Wildman–Crippen LogP) is 1.48. The first kappa shape index (κ1) is 12.8. The van der Waals surface area contributed by atoms with Crippen molar-refractivity contribution < 1.29 is 9.59 Å². The van der Waals surface area contributed by atoms with Gasteiger partial charge < -0.3 is 15.2 Å². The van der Waals surface area contributed by atoms with Crippen molar-refractivity contribution in [2.45, 2.75) is 13.5 Å². The number of nitrogens with one attached hydrogen (secondary N) is 2. The fourth-order valence-electron chi connectivity index (χ4n) is 1.62. The fraction of sp³-hybridized carbons (Fsp3) is 0.154. The summed E-state index contributed by atoms with van der Waals surface area (Å²) in [5.74, 6) is -0.306. The average Bonchev–Trinajstić information content (AvgIpc) is 2.81. The Balaban J connectivity index is 1.98. The number of nitrogens with zero attached hydrogens (tertiary/aromatic N) is 2. The summed E-state index contributed by atoms with van der Waals surface area (Å²) < 4.78 is 1.67. The Morgan fingerprint density at radius 2 is 2.00 bits per heavy atom. The minimum atomic E-state index is -0.155. The topological polar surface area (TPSA) is 76.0 Å². The average molecular weight is 258 g/mol. The van der Waals surface area contributed by atoms with Gasteiger partial charge >= 0.3 is 0 Å². The first-order valence-electron chi connectivity index (χ1n) is 5.77. The van der Waals surface area contributed by atoms with E-state index in [1.165, 1.54) is 6.92 Å². The van der Waals surface area contributed by atoms with E-state index in [-0.39, 0.29) is 18.4 Å². The van der Waals surface area contributed by atoms with Crippen LogP contribution >= 0.6 is 0 Å². The number of aromatic nitrogens is 2. The van der Waals surface area contributed by atoms with Crippen LogP contribution in [-0.4, -0.2) is 21.4 Å². The van der Waals surface area contributed by atoms with E-state index in [0.717, 1.165) is 0 Å². The van der Waals surface area contributed by atoms with E-state index in [2.05, 4.69) is 15.6 Å². The summed E-state index contributed by atoms with van der Waals surface area (Å²) in [6, 6.07) is 6.98. The lowest BCUT2D eigenvalue weighted by Gasteiger charge is -2.08. The van der Waals surface area contributed by atoms with Crippen molar-refractivity contribution in [1.82, 2.24) is 9.55 Å². The molecule has 0 atom stereocenters. The number of benzene rings is 1. The van der Waals surface area contributed by atoms with Gasteiger partial charge in [-0.05, 0) is 18.2 Å². The van der Waals surface area contributed by atoms with Crippen molar-refractivity contribution in [3.63, 3.8) is 0 Å². The number of rotatable bonds is 4. The molecule has 6 heteroatoms.